The van der Waals surface area contributed by atoms with E-state index in [4.69, 9.17) is 4.74 Å². The molecule has 1 aliphatic heterocycles. The van der Waals surface area contributed by atoms with Crippen LogP contribution in [0.15, 0.2) is 18.3 Å². The lowest BCUT2D eigenvalue weighted by Crippen LogP contribution is -2.32. The number of methoxy groups -OCH3 is 1. The van der Waals surface area contributed by atoms with E-state index in [1.54, 1.807) is 7.11 Å². The van der Waals surface area contributed by atoms with Gasteiger partial charge in [-0.1, -0.05) is 6.92 Å². The monoisotopic (exact) mass is 235 g/mol. The number of nitrogens with one attached hydrogen (secondary N) is 1. The van der Waals surface area contributed by atoms with E-state index in [2.05, 4.69) is 28.2 Å². The van der Waals surface area contributed by atoms with E-state index in [1.807, 2.05) is 12.3 Å². The predicted octanol–water partition coefficient (Wildman–Crippen LogP) is 1.67. The molecule has 0 spiro atoms. The van der Waals surface area contributed by atoms with Crippen LogP contribution in [0, 0.1) is 0 Å². The molecule has 0 saturated carbocycles. The average Bonchev–Trinajstić information content (AvgIpc) is 2.85. The molecule has 1 fully saturated rings. The maximum atomic E-state index is 5.06. The van der Waals surface area contributed by atoms with Crippen molar-refractivity contribution >= 4 is 5.69 Å². The van der Waals surface area contributed by atoms with Gasteiger partial charge in [0.1, 0.15) is 0 Å². The van der Waals surface area contributed by atoms with Crippen LogP contribution in [0.1, 0.15) is 19.8 Å². The Morgan fingerprint density at radius 2 is 2.41 bits per heavy atom. The molecule has 2 heterocycles. The van der Waals surface area contributed by atoms with Gasteiger partial charge in [0.2, 0.25) is 5.88 Å². The van der Waals surface area contributed by atoms with E-state index < -0.39 is 0 Å². The second-order valence-corrected chi connectivity index (χ2v) is 4.44. The van der Waals surface area contributed by atoms with E-state index in [0.29, 0.717) is 11.9 Å². The van der Waals surface area contributed by atoms with Crippen molar-refractivity contribution in [3.05, 3.63) is 18.3 Å². The molecule has 0 bridgehead atoms. The van der Waals surface area contributed by atoms with Gasteiger partial charge in [-0.25, -0.2) is 4.98 Å². The largest absolute Gasteiger partial charge is 0.481 e. The number of ether oxygens (including phenoxy) is 1. The molecule has 4 heteroatoms. The van der Waals surface area contributed by atoms with Gasteiger partial charge in [-0.15, -0.1) is 0 Å². The summed E-state index contributed by atoms with van der Waals surface area (Å²) >= 11 is 0. The minimum Gasteiger partial charge on any atom is -0.481 e. The molecular formula is C13H21N3O. The highest BCUT2D eigenvalue weighted by molar-refractivity contribution is 5.46. The smallest absolute Gasteiger partial charge is 0.213 e. The fourth-order valence-corrected chi connectivity index (χ4v) is 2.19. The number of pyridine rings is 1. The second kappa shape index (κ2) is 5.87. The lowest BCUT2D eigenvalue weighted by molar-refractivity contribution is 0.398. The highest BCUT2D eigenvalue weighted by atomic mass is 16.5. The Hall–Kier alpha value is -1.29. The van der Waals surface area contributed by atoms with Crippen LogP contribution in [0.25, 0.3) is 0 Å². The Balaban J connectivity index is 1.90. The first kappa shape index (κ1) is 12.2. The molecule has 2 rings (SSSR count). The van der Waals surface area contributed by atoms with E-state index in [-0.39, 0.29) is 0 Å². The number of anilines is 1. The fourth-order valence-electron chi connectivity index (χ4n) is 2.19. The minimum absolute atomic E-state index is 0.622. The first-order chi connectivity index (χ1) is 8.33. The molecule has 94 valence electrons. The van der Waals surface area contributed by atoms with E-state index >= 15 is 0 Å². The first-order valence-electron chi connectivity index (χ1n) is 6.32. The summed E-state index contributed by atoms with van der Waals surface area (Å²) in [6.07, 6.45) is 4.30. The zero-order valence-corrected chi connectivity index (χ0v) is 10.6. The summed E-state index contributed by atoms with van der Waals surface area (Å²) in [6, 6.07) is 4.62. The molecule has 1 atom stereocenters. The van der Waals surface area contributed by atoms with Crippen molar-refractivity contribution in [3.63, 3.8) is 0 Å². The summed E-state index contributed by atoms with van der Waals surface area (Å²) < 4.78 is 5.06. The van der Waals surface area contributed by atoms with Crippen LogP contribution in [-0.2, 0) is 0 Å². The van der Waals surface area contributed by atoms with Gasteiger partial charge < -0.3 is 15.0 Å². The van der Waals surface area contributed by atoms with Gasteiger partial charge in [0.15, 0.2) is 0 Å². The van der Waals surface area contributed by atoms with Crippen molar-refractivity contribution in [3.8, 4) is 5.88 Å². The molecule has 1 aromatic rings. The molecule has 0 aromatic carbocycles. The zero-order chi connectivity index (χ0) is 12.1. The molecule has 1 saturated heterocycles. The molecule has 1 aromatic heterocycles. The van der Waals surface area contributed by atoms with Crippen LogP contribution < -0.4 is 15.0 Å². The van der Waals surface area contributed by atoms with Crippen LogP contribution in [0.5, 0.6) is 5.88 Å². The first-order valence-corrected chi connectivity index (χ1v) is 6.32. The Labute approximate surface area is 103 Å². The van der Waals surface area contributed by atoms with E-state index in [1.165, 1.54) is 18.5 Å². The van der Waals surface area contributed by atoms with Gasteiger partial charge in [-0.2, -0.15) is 0 Å². The predicted molar refractivity (Wildman–Crippen MR) is 69.7 cm³/mol. The summed E-state index contributed by atoms with van der Waals surface area (Å²) in [7, 11) is 1.64. The maximum Gasteiger partial charge on any atom is 0.213 e. The van der Waals surface area contributed by atoms with Crippen molar-refractivity contribution in [2.45, 2.75) is 25.8 Å². The summed E-state index contributed by atoms with van der Waals surface area (Å²) in [6.45, 7) is 5.50. The van der Waals surface area contributed by atoms with Crippen LogP contribution in [0.2, 0.25) is 0 Å². The lowest BCUT2D eigenvalue weighted by Gasteiger charge is -2.18. The fraction of sp³-hybridized carbons (Fsp3) is 0.615. The van der Waals surface area contributed by atoms with Crippen LogP contribution in [-0.4, -0.2) is 37.8 Å². The van der Waals surface area contributed by atoms with Crippen LogP contribution in [0.4, 0.5) is 5.69 Å². The third-order valence-electron chi connectivity index (χ3n) is 3.17. The van der Waals surface area contributed by atoms with Crippen LogP contribution >= 0.6 is 0 Å². The quantitative estimate of drug-likeness (QED) is 0.842. The molecule has 0 amide bonds. The van der Waals surface area contributed by atoms with Gasteiger partial charge in [-0.05, 0) is 25.5 Å². The molecule has 17 heavy (non-hydrogen) atoms. The third kappa shape index (κ3) is 3.09. The van der Waals surface area contributed by atoms with Gasteiger partial charge >= 0.3 is 0 Å². The number of aromatic nitrogens is 1. The molecule has 1 aliphatic rings. The Bertz CT molecular complexity index is 339. The summed E-state index contributed by atoms with van der Waals surface area (Å²) in [4.78, 5) is 6.62. The molecule has 0 radical (unpaired) electrons. The van der Waals surface area contributed by atoms with Gasteiger partial charge in [-0.3, -0.25) is 0 Å². The van der Waals surface area contributed by atoms with Gasteiger partial charge in [0.05, 0.1) is 19.0 Å². The van der Waals surface area contributed by atoms with E-state index in [9.17, 15) is 0 Å². The normalized spacial score (nSPS) is 19.6. The number of hydrogen-bond acceptors (Lipinski definition) is 4. The number of rotatable bonds is 5. The zero-order valence-electron chi connectivity index (χ0n) is 10.6. The van der Waals surface area contributed by atoms with Crippen LogP contribution in [0.3, 0.4) is 0 Å². The Kier molecular flexibility index (Phi) is 4.20. The minimum atomic E-state index is 0.622. The Morgan fingerprint density at radius 1 is 1.53 bits per heavy atom. The van der Waals surface area contributed by atoms with Crippen molar-refractivity contribution in [1.82, 2.24) is 10.3 Å². The molecular weight excluding hydrogens is 214 g/mol. The van der Waals surface area contributed by atoms with E-state index in [0.717, 1.165) is 19.6 Å². The molecule has 1 unspecified atom stereocenters. The van der Waals surface area contributed by atoms with Crippen molar-refractivity contribution in [2.75, 3.05) is 31.6 Å². The average molecular weight is 235 g/mol. The van der Waals surface area contributed by atoms with Crippen molar-refractivity contribution in [2.24, 2.45) is 0 Å². The number of hydrogen-bond donors (Lipinski definition) is 1. The van der Waals surface area contributed by atoms with Gasteiger partial charge in [0, 0.05) is 25.2 Å². The topological polar surface area (TPSA) is 37.4 Å². The maximum absolute atomic E-state index is 5.06. The standard InChI is InChI=1S/C13H21N3O/c1-3-7-14-11-6-8-16(10-11)12-4-5-13(17-2)15-9-12/h4-5,9,11,14H,3,6-8,10H2,1-2H3. The van der Waals surface area contributed by atoms with Crippen molar-refractivity contribution in [1.29, 1.82) is 0 Å². The summed E-state index contributed by atoms with van der Waals surface area (Å²) in [5.74, 6) is 0.675. The third-order valence-corrected chi connectivity index (χ3v) is 3.17. The van der Waals surface area contributed by atoms with Crippen molar-refractivity contribution < 1.29 is 4.74 Å². The van der Waals surface area contributed by atoms with Gasteiger partial charge in [0.25, 0.3) is 0 Å². The second-order valence-electron chi connectivity index (χ2n) is 4.44. The highest BCUT2D eigenvalue weighted by Crippen LogP contribution is 2.21. The summed E-state index contributed by atoms with van der Waals surface area (Å²) in [5, 5.41) is 3.57. The number of nitrogens with zero attached hydrogens (tertiary/aromatic N) is 2. The molecule has 4 nitrogen and oxygen atoms in total. The SMILES string of the molecule is CCCNC1CCN(c2ccc(OC)nc2)C1. The summed E-state index contributed by atoms with van der Waals surface area (Å²) in [5.41, 5.74) is 1.19. The highest BCUT2D eigenvalue weighted by Gasteiger charge is 2.21. The molecule has 0 aliphatic carbocycles. The Morgan fingerprint density at radius 3 is 3.06 bits per heavy atom. The lowest BCUT2D eigenvalue weighted by atomic mass is 10.2. The molecule has 1 N–H and O–H groups in total.